The zero-order chi connectivity index (χ0) is 24.3. The van der Waals surface area contributed by atoms with Crippen molar-refractivity contribution in [1.29, 1.82) is 0 Å². The standard InChI is InChI=1S/C24H23N5O4S/c1-16-7-13-19(14-8-16)34(32,33)29(2)15-17-9-11-18(12-10-17)23(30)27-28-24(31)22-20-5-3-4-6-21(20)25-26-22/h3-14H,15H2,1-2H3,(H,25,26)(H,27,30)(H,28,31). The number of H-pyrrole nitrogens is 1. The molecule has 0 bridgehead atoms. The minimum absolute atomic E-state index is 0.140. The highest BCUT2D eigenvalue weighted by molar-refractivity contribution is 7.89. The Kier molecular flexibility index (Phi) is 6.44. The Morgan fingerprint density at radius 1 is 0.912 bits per heavy atom. The van der Waals surface area contributed by atoms with Gasteiger partial charge in [0.25, 0.3) is 11.8 Å². The van der Waals surface area contributed by atoms with Crippen LogP contribution in [0.2, 0.25) is 0 Å². The number of carbonyl (C=O) groups excluding carboxylic acids is 2. The number of hydrogen-bond acceptors (Lipinski definition) is 5. The minimum atomic E-state index is -3.64. The zero-order valence-electron chi connectivity index (χ0n) is 18.6. The number of fused-ring (bicyclic) bond motifs is 1. The quantitative estimate of drug-likeness (QED) is 0.369. The molecule has 0 saturated heterocycles. The van der Waals surface area contributed by atoms with Crippen LogP contribution in [0.5, 0.6) is 0 Å². The van der Waals surface area contributed by atoms with E-state index in [0.717, 1.165) is 5.56 Å². The number of aromatic nitrogens is 2. The van der Waals surface area contributed by atoms with Crippen LogP contribution in [0.25, 0.3) is 10.9 Å². The lowest BCUT2D eigenvalue weighted by Crippen LogP contribution is -2.41. The van der Waals surface area contributed by atoms with Crippen LogP contribution in [0.15, 0.2) is 77.7 Å². The molecule has 3 N–H and O–H groups in total. The van der Waals surface area contributed by atoms with Crippen LogP contribution < -0.4 is 10.9 Å². The summed E-state index contributed by atoms with van der Waals surface area (Å²) in [7, 11) is -2.13. The van der Waals surface area contributed by atoms with Crippen molar-refractivity contribution in [1.82, 2.24) is 25.4 Å². The van der Waals surface area contributed by atoms with Crippen LogP contribution in [0.4, 0.5) is 0 Å². The van der Waals surface area contributed by atoms with Gasteiger partial charge in [-0.1, -0.05) is 48.0 Å². The van der Waals surface area contributed by atoms with E-state index in [1.54, 1.807) is 66.7 Å². The van der Waals surface area contributed by atoms with Crippen LogP contribution >= 0.6 is 0 Å². The molecule has 0 spiro atoms. The van der Waals surface area contributed by atoms with Gasteiger partial charge < -0.3 is 0 Å². The van der Waals surface area contributed by atoms with E-state index in [4.69, 9.17) is 0 Å². The minimum Gasteiger partial charge on any atom is -0.277 e. The van der Waals surface area contributed by atoms with Crippen molar-refractivity contribution in [2.24, 2.45) is 0 Å². The van der Waals surface area contributed by atoms with Gasteiger partial charge in [-0.2, -0.15) is 9.40 Å². The first kappa shape index (κ1) is 23.1. The molecule has 3 aromatic carbocycles. The fourth-order valence-corrected chi connectivity index (χ4v) is 4.53. The number of hydrazine groups is 1. The number of hydrogen-bond donors (Lipinski definition) is 3. The van der Waals surface area contributed by atoms with Crippen LogP contribution in [-0.4, -0.2) is 41.8 Å². The maximum atomic E-state index is 12.8. The van der Waals surface area contributed by atoms with Crippen molar-refractivity contribution in [2.75, 3.05) is 7.05 Å². The van der Waals surface area contributed by atoms with Crippen molar-refractivity contribution in [3.63, 3.8) is 0 Å². The molecule has 0 fully saturated rings. The van der Waals surface area contributed by atoms with E-state index in [1.807, 2.05) is 13.0 Å². The predicted molar refractivity (Wildman–Crippen MR) is 127 cm³/mol. The summed E-state index contributed by atoms with van der Waals surface area (Å²) < 4.78 is 26.8. The lowest BCUT2D eigenvalue weighted by Gasteiger charge is -2.17. The summed E-state index contributed by atoms with van der Waals surface area (Å²) in [4.78, 5) is 25.0. The molecule has 1 heterocycles. The molecule has 0 saturated carbocycles. The molecule has 174 valence electrons. The summed E-state index contributed by atoms with van der Waals surface area (Å²) >= 11 is 0. The Bertz CT molecular complexity index is 1450. The Hall–Kier alpha value is -4.02. The number of nitrogens with zero attached hydrogens (tertiary/aromatic N) is 2. The van der Waals surface area contributed by atoms with Crippen molar-refractivity contribution in [3.8, 4) is 0 Å². The van der Waals surface area contributed by atoms with E-state index >= 15 is 0 Å². The highest BCUT2D eigenvalue weighted by atomic mass is 32.2. The summed E-state index contributed by atoms with van der Waals surface area (Å²) in [5, 5.41) is 7.39. The van der Waals surface area contributed by atoms with Gasteiger partial charge in [-0.05, 0) is 42.8 Å². The predicted octanol–water partition coefficient (Wildman–Crippen LogP) is 2.77. The molecule has 0 atom stereocenters. The average Bonchev–Trinajstić information content (AvgIpc) is 3.27. The number of aromatic amines is 1. The molecule has 0 aliphatic rings. The van der Waals surface area contributed by atoms with Gasteiger partial charge in [-0.15, -0.1) is 0 Å². The normalized spacial score (nSPS) is 11.5. The molecular formula is C24H23N5O4S. The van der Waals surface area contributed by atoms with Crippen LogP contribution in [-0.2, 0) is 16.6 Å². The smallest absolute Gasteiger partial charge is 0.277 e. The Morgan fingerprint density at radius 2 is 1.56 bits per heavy atom. The van der Waals surface area contributed by atoms with Crippen molar-refractivity contribution in [2.45, 2.75) is 18.4 Å². The molecule has 0 radical (unpaired) electrons. The second-order valence-electron chi connectivity index (χ2n) is 7.80. The first-order chi connectivity index (χ1) is 16.3. The number of nitrogens with one attached hydrogen (secondary N) is 3. The van der Waals surface area contributed by atoms with E-state index in [0.29, 0.717) is 22.0 Å². The Labute approximate surface area is 196 Å². The highest BCUT2D eigenvalue weighted by Crippen LogP contribution is 2.18. The number of sulfonamides is 1. The van der Waals surface area contributed by atoms with Gasteiger partial charge in [0, 0.05) is 24.5 Å². The number of aryl methyl sites for hydroxylation is 1. The molecule has 10 heteroatoms. The van der Waals surface area contributed by atoms with Crippen molar-refractivity contribution < 1.29 is 18.0 Å². The summed E-state index contributed by atoms with van der Waals surface area (Å²) in [6.45, 7) is 2.03. The summed E-state index contributed by atoms with van der Waals surface area (Å²) in [5.74, 6) is -1.06. The lowest BCUT2D eigenvalue weighted by molar-refractivity contribution is 0.0845. The first-order valence-corrected chi connectivity index (χ1v) is 11.9. The molecule has 0 aliphatic heterocycles. The van der Waals surface area contributed by atoms with Crippen LogP contribution in [0.1, 0.15) is 32.0 Å². The molecule has 2 amide bonds. The monoisotopic (exact) mass is 477 g/mol. The maximum Gasteiger partial charge on any atom is 0.290 e. The van der Waals surface area contributed by atoms with E-state index < -0.39 is 21.8 Å². The average molecular weight is 478 g/mol. The molecular weight excluding hydrogens is 454 g/mol. The second-order valence-corrected chi connectivity index (χ2v) is 9.84. The maximum absolute atomic E-state index is 12.8. The van der Waals surface area contributed by atoms with Crippen LogP contribution in [0, 0.1) is 6.92 Å². The topological polar surface area (TPSA) is 124 Å². The lowest BCUT2D eigenvalue weighted by atomic mass is 10.1. The third-order valence-electron chi connectivity index (χ3n) is 5.33. The van der Waals surface area contributed by atoms with Gasteiger partial charge in [0.1, 0.15) is 0 Å². The van der Waals surface area contributed by atoms with E-state index in [1.165, 1.54) is 11.4 Å². The van der Waals surface area contributed by atoms with Gasteiger partial charge in [0.05, 0.1) is 10.4 Å². The second kappa shape index (κ2) is 9.46. The summed E-state index contributed by atoms with van der Waals surface area (Å²) in [6, 6.07) is 20.3. The molecule has 4 aromatic rings. The third-order valence-corrected chi connectivity index (χ3v) is 7.14. The van der Waals surface area contributed by atoms with E-state index in [2.05, 4.69) is 21.0 Å². The van der Waals surface area contributed by atoms with Gasteiger partial charge in [0.15, 0.2) is 5.69 Å². The number of rotatable bonds is 6. The van der Waals surface area contributed by atoms with Gasteiger partial charge >= 0.3 is 0 Å². The fourth-order valence-electron chi connectivity index (χ4n) is 3.38. The van der Waals surface area contributed by atoms with E-state index in [9.17, 15) is 18.0 Å². The Morgan fingerprint density at radius 3 is 2.26 bits per heavy atom. The molecule has 34 heavy (non-hydrogen) atoms. The zero-order valence-corrected chi connectivity index (χ0v) is 19.4. The molecule has 9 nitrogen and oxygen atoms in total. The largest absolute Gasteiger partial charge is 0.290 e. The SMILES string of the molecule is Cc1ccc(S(=O)(=O)N(C)Cc2ccc(C(=O)NNC(=O)c3n[nH]c4ccccc34)cc2)cc1. The number of para-hydroxylation sites is 1. The van der Waals surface area contributed by atoms with Gasteiger partial charge in [-0.25, -0.2) is 8.42 Å². The van der Waals surface area contributed by atoms with Gasteiger partial charge in [-0.3, -0.25) is 25.5 Å². The molecule has 4 rings (SSSR count). The third kappa shape index (κ3) is 4.82. The molecule has 1 aromatic heterocycles. The summed E-state index contributed by atoms with van der Waals surface area (Å²) in [5.41, 5.74) is 7.59. The Balaban J connectivity index is 1.36. The summed E-state index contributed by atoms with van der Waals surface area (Å²) in [6.07, 6.45) is 0. The van der Waals surface area contributed by atoms with Gasteiger partial charge in [0.2, 0.25) is 10.0 Å². The first-order valence-electron chi connectivity index (χ1n) is 10.4. The molecule has 0 aliphatic carbocycles. The van der Waals surface area contributed by atoms with Crippen LogP contribution in [0.3, 0.4) is 0 Å². The number of carbonyl (C=O) groups is 2. The molecule has 0 unspecified atom stereocenters. The number of benzene rings is 3. The number of amides is 2. The van der Waals surface area contributed by atoms with Crippen molar-refractivity contribution >= 4 is 32.7 Å². The van der Waals surface area contributed by atoms with E-state index in [-0.39, 0.29) is 17.1 Å². The fraction of sp³-hybridized carbons (Fsp3) is 0.125. The van der Waals surface area contributed by atoms with Crippen molar-refractivity contribution in [3.05, 3.63) is 95.2 Å². The highest BCUT2D eigenvalue weighted by Gasteiger charge is 2.21.